The van der Waals surface area contributed by atoms with E-state index in [0.29, 0.717) is 36.7 Å². The first-order chi connectivity index (χ1) is 15.7. The molecule has 1 aliphatic carbocycles. The van der Waals surface area contributed by atoms with Crippen molar-refractivity contribution in [1.29, 1.82) is 0 Å². The smallest absolute Gasteiger partial charge is 0.417 e. The number of rotatable bonds is 4. The van der Waals surface area contributed by atoms with Crippen LogP contribution in [0, 0.1) is 0 Å². The van der Waals surface area contributed by atoms with Crippen LogP contribution >= 0.6 is 11.3 Å². The fourth-order valence-corrected chi connectivity index (χ4v) is 5.41. The number of amides is 1. The largest absolute Gasteiger partial charge is 0.493 e. The molecule has 1 amide bonds. The van der Waals surface area contributed by atoms with Gasteiger partial charge in [0, 0.05) is 30.1 Å². The average Bonchev–Trinajstić information content (AvgIpc) is 3.59. The lowest BCUT2D eigenvalue weighted by Crippen LogP contribution is -2.35. The molecule has 3 heterocycles. The Morgan fingerprint density at radius 1 is 1.15 bits per heavy atom. The molecule has 0 saturated heterocycles. The van der Waals surface area contributed by atoms with Crippen molar-refractivity contribution >= 4 is 33.1 Å². The molecule has 0 radical (unpaired) electrons. The van der Waals surface area contributed by atoms with Crippen molar-refractivity contribution < 1.29 is 27.4 Å². The van der Waals surface area contributed by atoms with Gasteiger partial charge < -0.3 is 20.1 Å². The molecule has 1 fully saturated rings. The van der Waals surface area contributed by atoms with Crippen molar-refractivity contribution in [2.75, 3.05) is 26.5 Å². The molecule has 2 aliphatic rings. The van der Waals surface area contributed by atoms with Gasteiger partial charge in [-0.05, 0) is 48.6 Å². The molecule has 2 aromatic heterocycles. The van der Waals surface area contributed by atoms with Gasteiger partial charge in [0.25, 0.3) is 5.91 Å². The van der Waals surface area contributed by atoms with Crippen molar-refractivity contribution in [3.05, 3.63) is 45.5 Å². The predicted molar refractivity (Wildman–Crippen MR) is 119 cm³/mol. The van der Waals surface area contributed by atoms with Crippen LogP contribution < -0.4 is 15.2 Å². The molecule has 0 spiro atoms. The topological polar surface area (TPSA) is 77.7 Å². The molecule has 174 valence electrons. The highest BCUT2D eigenvalue weighted by Gasteiger charge is 2.38. The van der Waals surface area contributed by atoms with E-state index in [1.54, 1.807) is 12.0 Å². The summed E-state index contributed by atoms with van der Waals surface area (Å²) in [6, 6.07) is 4.81. The molecule has 0 atom stereocenters. The summed E-state index contributed by atoms with van der Waals surface area (Å²) < 4.78 is 52.2. The summed E-state index contributed by atoms with van der Waals surface area (Å²) in [5, 5.41) is -0.177. The second-order valence-electron chi connectivity index (χ2n) is 8.34. The van der Waals surface area contributed by atoms with E-state index in [-0.39, 0.29) is 26.7 Å². The van der Waals surface area contributed by atoms with E-state index >= 15 is 0 Å². The predicted octanol–water partition coefficient (Wildman–Crippen LogP) is 4.99. The SMILES string of the molecule is COc1cc2c(cc1OC)CN(C(=O)c1sc3nc(C4CC4)cc(C(F)(F)F)c3c1N)CC2. The van der Waals surface area contributed by atoms with Gasteiger partial charge in [-0.2, -0.15) is 13.2 Å². The van der Waals surface area contributed by atoms with E-state index < -0.39 is 17.6 Å². The van der Waals surface area contributed by atoms with Crippen LogP contribution in [-0.2, 0) is 19.1 Å². The van der Waals surface area contributed by atoms with E-state index in [2.05, 4.69) is 4.98 Å². The van der Waals surface area contributed by atoms with Crippen LogP contribution in [0.4, 0.5) is 18.9 Å². The molecule has 3 aromatic rings. The lowest BCUT2D eigenvalue weighted by atomic mass is 9.98. The average molecular weight is 478 g/mol. The van der Waals surface area contributed by atoms with Crippen molar-refractivity contribution in [1.82, 2.24) is 9.88 Å². The number of carbonyl (C=O) groups is 1. The first kappa shape index (κ1) is 21.8. The number of methoxy groups -OCH3 is 2. The highest BCUT2D eigenvalue weighted by molar-refractivity contribution is 7.21. The highest BCUT2D eigenvalue weighted by atomic mass is 32.1. The number of hydrogen-bond acceptors (Lipinski definition) is 6. The molecule has 0 bridgehead atoms. The van der Waals surface area contributed by atoms with Gasteiger partial charge in [-0.1, -0.05) is 0 Å². The highest BCUT2D eigenvalue weighted by Crippen LogP contribution is 2.47. The number of anilines is 1. The Balaban J connectivity index is 1.52. The molecule has 5 rings (SSSR count). The van der Waals surface area contributed by atoms with Gasteiger partial charge in [-0.15, -0.1) is 11.3 Å². The summed E-state index contributed by atoms with van der Waals surface area (Å²) in [4.78, 5) is 19.7. The molecule has 10 heteroatoms. The number of nitrogens with zero attached hydrogens (tertiary/aromatic N) is 2. The minimum absolute atomic E-state index is 0.0449. The van der Waals surface area contributed by atoms with Crippen molar-refractivity contribution in [3.8, 4) is 11.5 Å². The lowest BCUT2D eigenvalue weighted by Gasteiger charge is -2.29. The number of alkyl halides is 3. The van der Waals surface area contributed by atoms with Crippen LogP contribution in [0.5, 0.6) is 11.5 Å². The minimum atomic E-state index is -4.58. The fraction of sp³-hybridized carbons (Fsp3) is 0.391. The number of nitrogens with two attached hydrogens (primary N) is 1. The van der Waals surface area contributed by atoms with E-state index in [9.17, 15) is 18.0 Å². The van der Waals surface area contributed by atoms with Crippen LogP contribution in [0.1, 0.15) is 50.8 Å². The summed E-state index contributed by atoms with van der Waals surface area (Å²) in [5.41, 5.74) is 7.54. The third-order valence-corrected chi connectivity index (χ3v) is 7.31. The number of aromatic nitrogens is 1. The normalized spacial score (nSPS) is 16.1. The Labute approximate surface area is 192 Å². The molecule has 1 saturated carbocycles. The number of thiophene rings is 1. The summed E-state index contributed by atoms with van der Waals surface area (Å²) >= 11 is 0.938. The lowest BCUT2D eigenvalue weighted by molar-refractivity contribution is -0.136. The number of halogens is 3. The Bertz CT molecular complexity index is 1270. The van der Waals surface area contributed by atoms with Gasteiger partial charge in [0.15, 0.2) is 11.5 Å². The number of ether oxygens (including phenoxy) is 2. The Morgan fingerprint density at radius 3 is 2.42 bits per heavy atom. The summed E-state index contributed by atoms with van der Waals surface area (Å²) in [5.74, 6) is 0.820. The second-order valence-corrected chi connectivity index (χ2v) is 9.34. The summed E-state index contributed by atoms with van der Waals surface area (Å²) in [7, 11) is 3.10. The first-order valence-electron chi connectivity index (χ1n) is 10.5. The monoisotopic (exact) mass is 477 g/mol. The van der Waals surface area contributed by atoms with E-state index in [1.807, 2.05) is 12.1 Å². The number of fused-ring (bicyclic) bond motifs is 2. The van der Waals surface area contributed by atoms with Crippen molar-refractivity contribution in [3.63, 3.8) is 0 Å². The third-order valence-electron chi connectivity index (χ3n) is 6.22. The molecule has 1 aliphatic heterocycles. The number of benzene rings is 1. The van der Waals surface area contributed by atoms with Gasteiger partial charge in [0.1, 0.15) is 9.71 Å². The zero-order valence-corrected chi connectivity index (χ0v) is 18.9. The van der Waals surface area contributed by atoms with Gasteiger partial charge in [-0.25, -0.2) is 4.98 Å². The zero-order chi connectivity index (χ0) is 23.5. The number of nitrogen functional groups attached to an aromatic ring is 1. The molecular formula is C23H22F3N3O3S. The maximum Gasteiger partial charge on any atom is 0.417 e. The fourth-order valence-electron chi connectivity index (χ4n) is 4.31. The quantitative estimate of drug-likeness (QED) is 0.573. The number of carbonyl (C=O) groups excluding carboxylic acids is 1. The molecule has 1 aromatic carbocycles. The van der Waals surface area contributed by atoms with Gasteiger partial charge in [0.2, 0.25) is 0 Å². The second kappa shape index (κ2) is 7.79. The maximum atomic E-state index is 13.8. The van der Waals surface area contributed by atoms with Crippen LogP contribution in [0.3, 0.4) is 0 Å². The van der Waals surface area contributed by atoms with E-state index in [1.165, 1.54) is 7.11 Å². The van der Waals surface area contributed by atoms with Crippen molar-refractivity contribution in [2.24, 2.45) is 0 Å². The van der Waals surface area contributed by atoms with E-state index in [4.69, 9.17) is 15.2 Å². The number of pyridine rings is 1. The minimum Gasteiger partial charge on any atom is -0.493 e. The maximum absolute atomic E-state index is 13.8. The van der Waals surface area contributed by atoms with Gasteiger partial charge in [-0.3, -0.25) is 4.79 Å². The number of hydrogen-bond donors (Lipinski definition) is 1. The summed E-state index contributed by atoms with van der Waals surface area (Å²) in [6.45, 7) is 0.719. The summed E-state index contributed by atoms with van der Waals surface area (Å²) in [6.07, 6.45) is -2.35. The standard InChI is InChI=1S/C23H22F3N3O3S/c1-31-16-7-12-5-6-29(10-13(12)8-17(16)32-2)22(30)20-19(27)18-14(23(24,25)26)9-15(11-3-4-11)28-21(18)33-20/h7-9,11H,3-6,10,27H2,1-2H3. The molecular weight excluding hydrogens is 455 g/mol. The molecule has 6 nitrogen and oxygen atoms in total. The van der Waals surface area contributed by atoms with Crippen LogP contribution in [-0.4, -0.2) is 36.6 Å². The Kier molecular flexibility index (Phi) is 5.15. The van der Waals surface area contributed by atoms with Crippen LogP contribution in [0.15, 0.2) is 18.2 Å². The van der Waals surface area contributed by atoms with Crippen LogP contribution in [0.2, 0.25) is 0 Å². The third kappa shape index (κ3) is 3.76. The zero-order valence-electron chi connectivity index (χ0n) is 18.1. The Morgan fingerprint density at radius 2 is 1.82 bits per heavy atom. The molecule has 2 N–H and O–H groups in total. The molecule has 33 heavy (non-hydrogen) atoms. The first-order valence-corrected chi connectivity index (χ1v) is 11.4. The van der Waals surface area contributed by atoms with Gasteiger partial charge >= 0.3 is 6.18 Å². The van der Waals surface area contributed by atoms with Crippen LogP contribution in [0.25, 0.3) is 10.2 Å². The van der Waals surface area contributed by atoms with Crippen molar-refractivity contribution in [2.45, 2.75) is 37.9 Å². The van der Waals surface area contributed by atoms with Gasteiger partial charge in [0.05, 0.1) is 25.5 Å². The molecule has 0 unspecified atom stereocenters. The Hall–Kier alpha value is -3.01. The van der Waals surface area contributed by atoms with E-state index in [0.717, 1.165) is 41.4 Å².